The molecule has 0 radical (unpaired) electrons. The molecule has 0 unspecified atom stereocenters. The van der Waals surface area contributed by atoms with Crippen molar-refractivity contribution in [3.8, 4) is 0 Å². The first kappa shape index (κ1) is 23.4. The second-order valence-corrected chi connectivity index (χ2v) is 7.21. The zero-order valence-corrected chi connectivity index (χ0v) is 17.0. The summed E-state index contributed by atoms with van der Waals surface area (Å²) in [6, 6.07) is 4.40. The number of nitrogens with zero attached hydrogens (tertiary/aromatic N) is 1. The molecule has 0 aliphatic carbocycles. The highest BCUT2D eigenvalue weighted by Gasteiger charge is 1.99. The summed E-state index contributed by atoms with van der Waals surface area (Å²) in [6.07, 6.45) is 24.5. The molecule has 0 saturated carbocycles. The second kappa shape index (κ2) is 17.3. The molecule has 24 heavy (non-hydrogen) atoms. The van der Waals surface area contributed by atoms with Crippen LogP contribution >= 0.6 is 0 Å². The lowest BCUT2D eigenvalue weighted by Crippen LogP contribution is -3.00. The molecule has 1 rings (SSSR count). The van der Waals surface area contributed by atoms with Crippen molar-refractivity contribution >= 4 is 0 Å². The minimum absolute atomic E-state index is 0. The first-order chi connectivity index (χ1) is 11.3. The van der Waals surface area contributed by atoms with Gasteiger partial charge in [-0.3, -0.25) is 0 Å². The molecule has 0 atom stereocenters. The molecule has 0 spiro atoms. The van der Waals surface area contributed by atoms with E-state index in [0.29, 0.717) is 0 Å². The molecule has 0 fully saturated rings. The molecule has 140 valence electrons. The highest BCUT2D eigenvalue weighted by Crippen LogP contribution is 2.12. The van der Waals surface area contributed by atoms with Gasteiger partial charge < -0.3 is 12.4 Å². The Morgan fingerprint density at radius 2 is 1.00 bits per heavy atom. The molecule has 0 aromatic carbocycles. The highest BCUT2D eigenvalue weighted by molar-refractivity contribution is 5.03. The molecular formula is C22H40ClN. The van der Waals surface area contributed by atoms with Gasteiger partial charge in [0.05, 0.1) is 0 Å². The van der Waals surface area contributed by atoms with Gasteiger partial charge in [-0.05, 0) is 18.9 Å². The molecular weight excluding hydrogens is 314 g/mol. The molecule has 0 bridgehead atoms. The fourth-order valence-electron chi connectivity index (χ4n) is 3.17. The number of hydrogen-bond acceptors (Lipinski definition) is 0. The molecule has 0 saturated heterocycles. The summed E-state index contributed by atoms with van der Waals surface area (Å²) in [7, 11) is 0. The predicted octanol–water partition coefficient (Wildman–Crippen LogP) is 3.77. The monoisotopic (exact) mass is 353 g/mol. The average molecular weight is 354 g/mol. The van der Waals surface area contributed by atoms with Crippen molar-refractivity contribution in [1.29, 1.82) is 0 Å². The van der Waals surface area contributed by atoms with E-state index in [2.05, 4.69) is 42.9 Å². The standard InChI is InChI=1S/C22H40N.ClH/c1-3-4-5-6-7-8-9-10-11-12-13-14-15-16-19-23-20-17-22(2)18-21-23;/h17-18,20-21H,3-16,19H2,1-2H3;1H/q+1;/p-1. The van der Waals surface area contributed by atoms with Crippen molar-refractivity contribution < 1.29 is 17.0 Å². The Morgan fingerprint density at radius 3 is 1.42 bits per heavy atom. The van der Waals surface area contributed by atoms with E-state index in [1.54, 1.807) is 0 Å². The van der Waals surface area contributed by atoms with E-state index in [1.807, 2.05) is 0 Å². The summed E-state index contributed by atoms with van der Waals surface area (Å²) < 4.78 is 2.31. The van der Waals surface area contributed by atoms with Crippen LogP contribution in [0, 0.1) is 6.92 Å². The Bertz CT molecular complexity index is 361. The lowest BCUT2D eigenvalue weighted by atomic mass is 10.0. The van der Waals surface area contributed by atoms with Crippen LogP contribution in [0.5, 0.6) is 0 Å². The first-order valence-corrected chi connectivity index (χ1v) is 10.3. The van der Waals surface area contributed by atoms with Crippen molar-refractivity contribution in [1.82, 2.24) is 0 Å². The summed E-state index contributed by atoms with van der Waals surface area (Å²) in [6.45, 7) is 5.62. The topological polar surface area (TPSA) is 3.88 Å². The Balaban J connectivity index is 0.00000529. The van der Waals surface area contributed by atoms with Gasteiger partial charge in [0.25, 0.3) is 0 Å². The zero-order valence-electron chi connectivity index (χ0n) is 16.2. The molecule has 0 aliphatic heterocycles. The summed E-state index contributed by atoms with van der Waals surface area (Å²) in [5, 5.41) is 0. The van der Waals surface area contributed by atoms with E-state index >= 15 is 0 Å². The summed E-state index contributed by atoms with van der Waals surface area (Å²) in [5.74, 6) is 0. The molecule has 2 heteroatoms. The van der Waals surface area contributed by atoms with Crippen molar-refractivity contribution in [2.45, 2.75) is 110 Å². The van der Waals surface area contributed by atoms with E-state index in [0.717, 1.165) is 0 Å². The summed E-state index contributed by atoms with van der Waals surface area (Å²) in [4.78, 5) is 0. The van der Waals surface area contributed by atoms with Crippen LogP contribution in [-0.2, 0) is 6.54 Å². The van der Waals surface area contributed by atoms with Crippen molar-refractivity contribution in [2.24, 2.45) is 0 Å². The Labute approximate surface area is 157 Å². The van der Waals surface area contributed by atoms with Crippen LogP contribution in [0.2, 0.25) is 0 Å². The lowest BCUT2D eigenvalue weighted by Gasteiger charge is -2.03. The SMILES string of the molecule is CCCCCCCCCCCCCCCC[n+]1ccc(C)cc1.[Cl-]. The fraction of sp³-hybridized carbons (Fsp3) is 0.773. The Hall–Kier alpha value is -0.560. The molecule has 0 amide bonds. The largest absolute Gasteiger partial charge is 1.00 e. The number of aromatic nitrogens is 1. The molecule has 1 aromatic heterocycles. The fourth-order valence-corrected chi connectivity index (χ4v) is 3.17. The Morgan fingerprint density at radius 1 is 0.625 bits per heavy atom. The lowest BCUT2D eigenvalue weighted by molar-refractivity contribution is -0.697. The summed E-state index contributed by atoms with van der Waals surface area (Å²) in [5.41, 5.74) is 1.35. The van der Waals surface area contributed by atoms with E-state index in [9.17, 15) is 0 Å². The van der Waals surface area contributed by atoms with E-state index in [1.165, 1.54) is 102 Å². The van der Waals surface area contributed by atoms with Gasteiger partial charge in [0, 0.05) is 18.6 Å². The quantitative estimate of drug-likeness (QED) is 0.334. The van der Waals surface area contributed by atoms with Gasteiger partial charge in [-0.1, -0.05) is 84.0 Å². The van der Waals surface area contributed by atoms with E-state index in [4.69, 9.17) is 0 Å². The normalized spacial score (nSPS) is 10.6. The van der Waals surface area contributed by atoms with Crippen LogP contribution in [0.1, 0.15) is 102 Å². The van der Waals surface area contributed by atoms with Crippen molar-refractivity contribution in [3.05, 3.63) is 30.1 Å². The highest BCUT2D eigenvalue weighted by atomic mass is 35.5. The van der Waals surface area contributed by atoms with Crippen molar-refractivity contribution in [2.75, 3.05) is 0 Å². The zero-order chi connectivity index (χ0) is 16.6. The molecule has 0 N–H and O–H groups in total. The van der Waals surface area contributed by atoms with Crippen LogP contribution in [0.4, 0.5) is 0 Å². The van der Waals surface area contributed by atoms with Gasteiger partial charge in [0.2, 0.25) is 0 Å². The second-order valence-electron chi connectivity index (χ2n) is 7.21. The van der Waals surface area contributed by atoms with Crippen LogP contribution in [0.15, 0.2) is 24.5 Å². The van der Waals surface area contributed by atoms with Gasteiger partial charge >= 0.3 is 0 Å². The summed E-state index contributed by atoms with van der Waals surface area (Å²) >= 11 is 0. The molecule has 1 heterocycles. The van der Waals surface area contributed by atoms with Crippen molar-refractivity contribution in [3.63, 3.8) is 0 Å². The van der Waals surface area contributed by atoms with Gasteiger partial charge in [-0.25, -0.2) is 4.57 Å². The van der Waals surface area contributed by atoms with Crippen LogP contribution in [0.25, 0.3) is 0 Å². The number of hydrogen-bond donors (Lipinski definition) is 0. The van der Waals surface area contributed by atoms with Gasteiger partial charge in [0.1, 0.15) is 6.54 Å². The number of halogens is 1. The van der Waals surface area contributed by atoms with Gasteiger partial charge in [-0.2, -0.15) is 0 Å². The number of aryl methyl sites for hydroxylation is 2. The smallest absolute Gasteiger partial charge is 0.169 e. The maximum atomic E-state index is 2.31. The number of rotatable bonds is 15. The Kier molecular flexibility index (Phi) is 16.9. The van der Waals surface area contributed by atoms with Gasteiger partial charge in [-0.15, -0.1) is 0 Å². The van der Waals surface area contributed by atoms with Gasteiger partial charge in [0.15, 0.2) is 12.4 Å². The number of unbranched alkanes of at least 4 members (excludes halogenated alkanes) is 13. The maximum absolute atomic E-state index is 2.31. The maximum Gasteiger partial charge on any atom is 0.169 e. The average Bonchev–Trinajstić information content (AvgIpc) is 2.57. The first-order valence-electron chi connectivity index (χ1n) is 10.3. The number of pyridine rings is 1. The minimum atomic E-state index is 0. The van der Waals surface area contributed by atoms with Crippen LogP contribution < -0.4 is 17.0 Å². The molecule has 1 nitrogen and oxygen atoms in total. The van der Waals surface area contributed by atoms with Crippen LogP contribution in [-0.4, -0.2) is 0 Å². The third-order valence-corrected chi connectivity index (χ3v) is 4.83. The van der Waals surface area contributed by atoms with E-state index < -0.39 is 0 Å². The molecule has 0 aliphatic rings. The molecule has 1 aromatic rings. The van der Waals surface area contributed by atoms with E-state index in [-0.39, 0.29) is 12.4 Å². The predicted molar refractivity (Wildman–Crippen MR) is 102 cm³/mol. The third kappa shape index (κ3) is 13.8. The minimum Gasteiger partial charge on any atom is -1.00 e. The van der Waals surface area contributed by atoms with Crippen LogP contribution in [0.3, 0.4) is 0 Å². The third-order valence-electron chi connectivity index (χ3n) is 4.83.